The van der Waals surface area contributed by atoms with Crippen LogP contribution in [-0.2, 0) is 7.05 Å². The number of carbonyl (C=O) groups excluding carboxylic acids is 1. The molecule has 144 valence electrons. The number of aromatic nitrogens is 1. The molecule has 0 radical (unpaired) electrons. The van der Waals surface area contributed by atoms with Gasteiger partial charge in [-0.25, -0.2) is 0 Å². The lowest BCUT2D eigenvalue weighted by Gasteiger charge is -2.32. The van der Waals surface area contributed by atoms with E-state index in [9.17, 15) is 9.59 Å². The van der Waals surface area contributed by atoms with Crippen LogP contribution in [0.2, 0.25) is 0 Å². The van der Waals surface area contributed by atoms with Crippen molar-refractivity contribution in [3.63, 3.8) is 0 Å². The summed E-state index contributed by atoms with van der Waals surface area (Å²) in [5.41, 5.74) is 1.45. The van der Waals surface area contributed by atoms with Crippen LogP contribution in [0.15, 0.2) is 41.2 Å². The van der Waals surface area contributed by atoms with Crippen molar-refractivity contribution in [3.05, 3.63) is 58.0 Å². The van der Waals surface area contributed by atoms with Crippen molar-refractivity contribution in [1.82, 2.24) is 9.47 Å². The highest BCUT2D eigenvalue weighted by Gasteiger charge is 2.25. The Hall–Kier alpha value is -2.76. The van der Waals surface area contributed by atoms with Crippen LogP contribution in [0, 0.1) is 6.92 Å². The zero-order valence-corrected chi connectivity index (χ0v) is 16.1. The lowest BCUT2D eigenvalue weighted by atomic mass is 10.1. The lowest BCUT2D eigenvalue weighted by Crippen LogP contribution is -2.41. The average Bonchev–Trinajstić information content (AvgIpc) is 2.67. The van der Waals surface area contributed by atoms with E-state index in [1.54, 1.807) is 23.7 Å². The molecule has 0 N–H and O–H groups in total. The standard InChI is InChI=1S/C21H26N2O4/c1-4-26-17-7-5-16(6-8-17)21(25)23-11-9-18(10-12-23)27-19-13-15(2)22(3)20(24)14-19/h5-8,13-14,18H,4,9-12H2,1-3H3. The Morgan fingerprint density at radius 3 is 2.37 bits per heavy atom. The van der Waals surface area contributed by atoms with Crippen molar-refractivity contribution < 1.29 is 14.3 Å². The number of aryl methyl sites for hydroxylation is 1. The minimum Gasteiger partial charge on any atom is -0.494 e. The fourth-order valence-corrected chi connectivity index (χ4v) is 3.22. The minimum absolute atomic E-state index is 0.0147. The van der Waals surface area contributed by atoms with Gasteiger partial charge in [-0.3, -0.25) is 9.59 Å². The predicted octanol–water partition coefficient (Wildman–Crippen LogP) is 2.78. The number of rotatable bonds is 5. The first-order valence-electron chi connectivity index (χ1n) is 9.34. The number of nitrogens with zero attached hydrogens (tertiary/aromatic N) is 2. The Kier molecular flexibility index (Phi) is 5.84. The number of amides is 1. The first-order valence-corrected chi connectivity index (χ1v) is 9.34. The van der Waals surface area contributed by atoms with E-state index in [1.807, 2.05) is 36.9 Å². The van der Waals surface area contributed by atoms with Crippen LogP contribution in [-0.4, -0.2) is 41.2 Å². The summed E-state index contributed by atoms with van der Waals surface area (Å²) in [6.45, 7) is 5.70. The smallest absolute Gasteiger partial charge is 0.254 e. The van der Waals surface area contributed by atoms with E-state index in [4.69, 9.17) is 9.47 Å². The normalized spacial score (nSPS) is 14.9. The number of pyridine rings is 1. The van der Waals surface area contributed by atoms with Crippen LogP contribution in [0.1, 0.15) is 35.8 Å². The van der Waals surface area contributed by atoms with Gasteiger partial charge in [0.2, 0.25) is 0 Å². The van der Waals surface area contributed by atoms with Crippen molar-refractivity contribution in [1.29, 1.82) is 0 Å². The van der Waals surface area contributed by atoms with Gasteiger partial charge in [0, 0.05) is 50.3 Å². The SMILES string of the molecule is CCOc1ccc(C(=O)N2CCC(Oc3cc(C)n(C)c(=O)c3)CC2)cc1. The highest BCUT2D eigenvalue weighted by molar-refractivity contribution is 5.94. The van der Waals surface area contributed by atoms with Crippen LogP contribution >= 0.6 is 0 Å². The zero-order valence-electron chi connectivity index (χ0n) is 16.1. The summed E-state index contributed by atoms with van der Waals surface area (Å²) >= 11 is 0. The van der Waals surface area contributed by atoms with Gasteiger partial charge in [-0.1, -0.05) is 0 Å². The molecule has 2 aromatic rings. The molecular weight excluding hydrogens is 344 g/mol. The van der Waals surface area contributed by atoms with Gasteiger partial charge in [0.15, 0.2) is 0 Å². The maximum absolute atomic E-state index is 12.7. The number of hydrogen-bond donors (Lipinski definition) is 0. The molecular formula is C21H26N2O4. The second-order valence-electron chi connectivity index (χ2n) is 6.80. The highest BCUT2D eigenvalue weighted by Crippen LogP contribution is 2.21. The van der Waals surface area contributed by atoms with E-state index >= 15 is 0 Å². The van der Waals surface area contributed by atoms with E-state index in [0.29, 0.717) is 31.0 Å². The molecule has 0 spiro atoms. The number of likely N-dealkylation sites (tertiary alicyclic amines) is 1. The molecule has 0 bridgehead atoms. The van der Waals surface area contributed by atoms with Gasteiger partial charge >= 0.3 is 0 Å². The third-order valence-electron chi connectivity index (χ3n) is 4.92. The Labute approximate surface area is 159 Å². The molecule has 1 amide bonds. The molecule has 0 aliphatic carbocycles. The number of carbonyl (C=O) groups is 1. The fraction of sp³-hybridized carbons (Fsp3) is 0.429. The average molecular weight is 370 g/mol. The first kappa shape index (κ1) is 19.0. The second-order valence-corrected chi connectivity index (χ2v) is 6.80. The molecule has 0 atom stereocenters. The van der Waals surface area contributed by atoms with Gasteiger partial charge in [0.25, 0.3) is 11.5 Å². The molecule has 1 fully saturated rings. The summed E-state index contributed by atoms with van der Waals surface area (Å²) in [6.07, 6.45) is 1.51. The summed E-state index contributed by atoms with van der Waals surface area (Å²) in [5.74, 6) is 1.40. The summed E-state index contributed by atoms with van der Waals surface area (Å²) in [6, 6.07) is 10.6. The Morgan fingerprint density at radius 1 is 1.11 bits per heavy atom. The quantitative estimate of drug-likeness (QED) is 0.812. The highest BCUT2D eigenvalue weighted by atomic mass is 16.5. The van der Waals surface area contributed by atoms with Crippen LogP contribution in [0.4, 0.5) is 0 Å². The molecule has 6 nitrogen and oxygen atoms in total. The largest absolute Gasteiger partial charge is 0.494 e. The summed E-state index contributed by atoms with van der Waals surface area (Å²) in [4.78, 5) is 26.4. The third-order valence-corrected chi connectivity index (χ3v) is 4.92. The minimum atomic E-state index is -0.0758. The van der Waals surface area contributed by atoms with E-state index in [-0.39, 0.29) is 17.6 Å². The summed E-state index contributed by atoms with van der Waals surface area (Å²) in [5, 5.41) is 0. The van der Waals surface area contributed by atoms with Crippen LogP contribution in [0.25, 0.3) is 0 Å². The van der Waals surface area contributed by atoms with Gasteiger partial charge in [-0.2, -0.15) is 0 Å². The predicted molar refractivity (Wildman–Crippen MR) is 104 cm³/mol. The van der Waals surface area contributed by atoms with Crippen molar-refractivity contribution in [2.24, 2.45) is 7.05 Å². The molecule has 1 aromatic carbocycles. The number of ether oxygens (including phenoxy) is 2. The molecule has 1 saturated heterocycles. The molecule has 0 unspecified atom stereocenters. The van der Waals surface area contributed by atoms with Crippen molar-refractivity contribution in [2.75, 3.05) is 19.7 Å². The molecule has 1 aromatic heterocycles. The van der Waals surface area contributed by atoms with Gasteiger partial charge in [-0.05, 0) is 44.2 Å². The van der Waals surface area contributed by atoms with Gasteiger partial charge in [-0.15, -0.1) is 0 Å². The molecule has 2 heterocycles. The molecule has 3 rings (SSSR count). The monoisotopic (exact) mass is 370 g/mol. The summed E-state index contributed by atoms with van der Waals surface area (Å²) < 4.78 is 13.0. The van der Waals surface area contributed by atoms with E-state index < -0.39 is 0 Å². The lowest BCUT2D eigenvalue weighted by molar-refractivity contribution is 0.0595. The van der Waals surface area contributed by atoms with Crippen LogP contribution < -0.4 is 15.0 Å². The topological polar surface area (TPSA) is 60.8 Å². The molecule has 1 aliphatic rings. The van der Waals surface area contributed by atoms with Gasteiger partial charge < -0.3 is 18.9 Å². The van der Waals surface area contributed by atoms with Crippen molar-refractivity contribution in [2.45, 2.75) is 32.8 Å². The first-order chi connectivity index (χ1) is 13.0. The Balaban J connectivity index is 1.56. The van der Waals surface area contributed by atoms with E-state index in [2.05, 4.69) is 0 Å². The maximum Gasteiger partial charge on any atom is 0.254 e. The number of piperidine rings is 1. The third kappa shape index (κ3) is 4.51. The van der Waals surface area contributed by atoms with Gasteiger partial charge in [0.1, 0.15) is 17.6 Å². The second kappa shape index (κ2) is 8.29. The number of hydrogen-bond acceptors (Lipinski definition) is 4. The number of benzene rings is 1. The Bertz CT molecular complexity index is 849. The van der Waals surface area contributed by atoms with E-state index in [0.717, 1.165) is 24.3 Å². The fourth-order valence-electron chi connectivity index (χ4n) is 3.22. The van der Waals surface area contributed by atoms with Crippen molar-refractivity contribution in [3.8, 4) is 11.5 Å². The maximum atomic E-state index is 12.7. The van der Waals surface area contributed by atoms with Gasteiger partial charge in [0.05, 0.1) is 6.61 Å². The Morgan fingerprint density at radius 2 is 1.78 bits per heavy atom. The summed E-state index contributed by atoms with van der Waals surface area (Å²) in [7, 11) is 1.74. The van der Waals surface area contributed by atoms with Crippen LogP contribution in [0.3, 0.4) is 0 Å². The van der Waals surface area contributed by atoms with Crippen LogP contribution in [0.5, 0.6) is 11.5 Å². The van der Waals surface area contributed by atoms with E-state index in [1.165, 1.54) is 6.07 Å². The zero-order chi connectivity index (χ0) is 19.4. The molecule has 27 heavy (non-hydrogen) atoms. The molecule has 6 heteroatoms. The molecule has 0 saturated carbocycles. The molecule has 1 aliphatic heterocycles. The van der Waals surface area contributed by atoms with Crippen molar-refractivity contribution >= 4 is 5.91 Å².